The van der Waals surface area contributed by atoms with Crippen LogP contribution in [0.2, 0.25) is 5.02 Å². The molecule has 6 nitrogen and oxygen atoms in total. The van der Waals surface area contributed by atoms with Crippen LogP contribution in [-0.4, -0.2) is 40.0 Å². The molecule has 102 valence electrons. The van der Waals surface area contributed by atoms with Gasteiger partial charge >= 0.3 is 0 Å². The molecule has 2 rings (SSSR count). The summed E-state index contributed by atoms with van der Waals surface area (Å²) in [7, 11) is 0. The van der Waals surface area contributed by atoms with Crippen LogP contribution in [0.15, 0.2) is 18.2 Å². The summed E-state index contributed by atoms with van der Waals surface area (Å²) in [5, 5.41) is 20.6. The third-order valence-corrected chi connectivity index (χ3v) is 3.40. The van der Waals surface area contributed by atoms with E-state index >= 15 is 0 Å². The SMILES string of the molecule is O=C(c1c(Cl)cccc1[N+](=O)[O-])N1CCCC(O)C1. The summed E-state index contributed by atoms with van der Waals surface area (Å²) in [6, 6.07) is 4.13. The Morgan fingerprint density at radius 1 is 1.53 bits per heavy atom. The van der Waals surface area contributed by atoms with Gasteiger partial charge in [-0.1, -0.05) is 17.7 Å². The average Bonchev–Trinajstić information content (AvgIpc) is 2.37. The van der Waals surface area contributed by atoms with Crippen molar-refractivity contribution in [3.05, 3.63) is 38.9 Å². The lowest BCUT2D eigenvalue weighted by molar-refractivity contribution is -0.385. The molecule has 1 aromatic carbocycles. The first-order valence-electron chi connectivity index (χ1n) is 5.91. The first-order valence-corrected chi connectivity index (χ1v) is 6.28. The van der Waals surface area contributed by atoms with Crippen LogP contribution in [0, 0.1) is 10.1 Å². The summed E-state index contributed by atoms with van der Waals surface area (Å²) in [5.74, 6) is -0.504. The predicted molar refractivity (Wildman–Crippen MR) is 69.3 cm³/mol. The predicted octanol–water partition coefficient (Wildman–Crippen LogP) is 1.85. The van der Waals surface area contributed by atoms with Crippen LogP contribution in [0.1, 0.15) is 23.2 Å². The Bertz CT molecular complexity index is 520. The Kier molecular flexibility index (Phi) is 4.01. The van der Waals surface area contributed by atoms with Crippen molar-refractivity contribution in [1.29, 1.82) is 0 Å². The summed E-state index contributed by atoms with van der Waals surface area (Å²) in [6.07, 6.45) is 0.721. The molecule has 0 aliphatic carbocycles. The van der Waals surface area contributed by atoms with E-state index in [0.29, 0.717) is 19.4 Å². The van der Waals surface area contributed by atoms with E-state index in [0.717, 1.165) is 0 Å². The quantitative estimate of drug-likeness (QED) is 0.663. The highest BCUT2D eigenvalue weighted by Crippen LogP contribution is 2.28. The lowest BCUT2D eigenvalue weighted by Crippen LogP contribution is -2.42. The lowest BCUT2D eigenvalue weighted by Gasteiger charge is -2.30. The van der Waals surface area contributed by atoms with Crippen molar-refractivity contribution in [2.45, 2.75) is 18.9 Å². The lowest BCUT2D eigenvalue weighted by atomic mass is 10.1. The number of nitro groups is 1. The first-order chi connectivity index (χ1) is 9.00. The van der Waals surface area contributed by atoms with E-state index in [1.807, 2.05) is 0 Å². The number of aliphatic hydroxyl groups is 1. The fraction of sp³-hybridized carbons (Fsp3) is 0.417. The van der Waals surface area contributed by atoms with Gasteiger partial charge < -0.3 is 10.0 Å². The van der Waals surface area contributed by atoms with Gasteiger partial charge in [-0.25, -0.2) is 0 Å². The highest BCUT2D eigenvalue weighted by Gasteiger charge is 2.30. The molecule has 0 bridgehead atoms. The minimum Gasteiger partial charge on any atom is -0.391 e. The van der Waals surface area contributed by atoms with Gasteiger partial charge in [-0.3, -0.25) is 14.9 Å². The van der Waals surface area contributed by atoms with Crippen molar-refractivity contribution in [3.8, 4) is 0 Å². The molecule has 0 spiro atoms. The third kappa shape index (κ3) is 2.85. The largest absolute Gasteiger partial charge is 0.391 e. The summed E-state index contributed by atoms with van der Waals surface area (Å²) in [4.78, 5) is 24.0. The van der Waals surface area contributed by atoms with E-state index in [4.69, 9.17) is 11.6 Å². The van der Waals surface area contributed by atoms with Crippen molar-refractivity contribution in [1.82, 2.24) is 4.90 Å². The summed E-state index contributed by atoms with van der Waals surface area (Å²) in [6.45, 7) is 0.652. The third-order valence-electron chi connectivity index (χ3n) is 3.09. The highest BCUT2D eigenvalue weighted by atomic mass is 35.5. The van der Waals surface area contributed by atoms with Gasteiger partial charge in [0.25, 0.3) is 11.6 Å². The van der Waals surface area contributed by atoms with E-state index in [1.165, 1.54) is 23.1 Å². The molecule has 7 heteroatoms. The number of benzene rings is 1. The van der Waals surface area contributed by atoms with Gasteiger partial charge in [-0.05, 0) is 18.9 Å². The highest BCUT2D eigenvalue weighted by molar-refractivity contribution is 6.34. The number of rotatable bonds is 2. The number of aliphatic hydroxyl groups excluding tert-OH is 1. The fourth-order valence-corrected chi connectivity index (χ4v) is 2.42. The number of nitrogens with zero attached hydrogens (tertiary/aromatic N) is 2. The number of hydrogen-bond donors (Lipinski definition) is 1. The number of likely N-dealkylation sites (tertiary alicyclic amines) is 1. The van der Waals surface area contributed by atoms with Gasteiger partial charge in [-0.2, -0.15) is 0 Å². The molecule has 0 saturated carbocycles. The second-order valence-electron chi connectivity index (χ2n) is 4.44. The summed E-state index contributed by atoms with van der Waals surface area (Å²) < 4.78 is 0. The monoisotopic (exact) mass is 284 g/mol. The van der Waals surface area contributed by atoms with Crippen molar-refractivity contribution < 1.29 is 14.8 Å². The van der Waals surface area contributed by atoms with E-state index in [2.05, 4.69) is 0 Å². The molecule has 0 radical (unpaired) electrons. The molecule has 1 aliphatic rings. The van der Waals surface area contributed by atoms with E-state index < -0.39 is 16.9 Å². The molecule has 1 amide bonds. The molecule has 1 N–H and O–H groups in total. The van der Waals surface area contributed by atoms with Crippen LogP contribution in [-0.2, 0) is 0 Å². The molecule has 1 unspecified atom stereocenters. The first kappa shape index (κ1) is 13.8. The van der Waals surface area contributed by atoms with Crippen LogP contribution in [0.25, 0.3) is 0 Å². The zero-order valence-electron chi connectivity index (χ0n) is 10.1. The Hall–Kier alpha value is -1.66. The number of carbonyl (C=O) groups excluding carboxylic acids is 1. The maximum Gasteiger partial charge on any atom is 0.283 e. The number of halogens is 1. The second kappa shape index (κ2) is 5.54. The standard InChI is InChI=1S/C12H13ClN2O4/c13-9-4-1-5-10(15(18)19)11(9)12(17)14-6-2-3-8(16)7-14/h1,4-5,8,16H,2-3,6-7H2. The molecule has 1 fully saturated rings. The van der Waals surface area contributed by atoms with Gasteiger partial charge in [-0.15, -0.1) is 0 Å². The number of β-amino-alcohol motifs (C(OH)–C–C–N with tert-alkyl or cyclic N) is 1. The number of carbonyl (C=O) groups is 1. The minimum atomic E-state index is -0.626. The van der Waals surface area contributed by atoms with Crippen molar-refractivity contribution in [2.24, 2.45) is 0 Å². The van der Waals surface area contributed by atoms with Gasteiger partial charge in [0.05, 0.1) is 16.0 Å². The van der Waals surface area contributed by atoms with Crippen LogP contribution in [0.4, 0.5) is 5.69 Å². The van der Waals surface area contributed by atoms with E-state index in [9.17, 15) is 20.0 Å². The number of hydrogen-bond acceptors (Lipinski definition) is 4. The maximum absolute atomic E-state index is 12.3. The molecule has 1 saturated heterocycles. The molecule has 1 aliphatic heterocycles. The molecular weight excluding hydrogens is 272 g/mol. The number of amides is 1. The van der Waals surface area contributed by atoms with Crippen molar-refractivity contribution in [3.63, 3.8) is 0 Å². The van der Waals surface area contributed by atoms with Crippen LogP contribution in [0.3, 0.4) is 0 Å². The zero-order valence-corrected chi connectivity index (χ0v) is 10.8. The molecule has 1 aromatic rings. The summed E-state index contributed by atoms with van der Waals surface area (Å²) >= 11 is 5.91. The average molecular weight is 285 g/mol. The normalized spacial score (nSPS) is 19.3. The van der Waals surface area contributed by atoms with Crippen LogP contribution in [0.5, 0.6) is 0 Å². The Balaban J connectivity index is 2.35. The van der Waals surface area contributed by atoms with Gasteiger partial charge in [0.15, 0.2) is 0 Å². The summed E-state index contributed by atoms with van der Waals surface area (Å²) in [5.41, 5.74) is -0.416. The fourth-order valence-electron chi connectivity index (χ4n) is 2.17. The molecular formula is C12H13ClN2O4. The second-order valence-corrected chi connectivity index (χ2v) is 4.85. The molecule has 19 heavy (non-hydrogen) atoms. The van der Waals surface area contributed by atoms with Gasteiger partial charge in [0.1, 0.15) is 5.56 Å². The van der Waals surface area contributed by atoms with Crippen molar-refractivity contribution >= 4 is 23.2 Å². The van der Waals surface area contributed by atoms with Crippen molar-refractivity contribution in [2.75, 3.05) is 13.1 Å². The Labute approximate surface area is 114 Å². The van der Waals surface area contributed by atoms with E-state index in [1.54, 1.807) is 0 Å². The smallest absolute Gasteiger partial charge is 0.283 e. The molecule has 0 aromatic heterocycles. The van der Waals surface area contributed by atoms with Crippen LogP contribution >= 0.6 is 11.6 Å². The molecule has 1 atom stereocenters. The topological polar surface area (TPSA) is 83.7 Å². The van der Waals surface area contributed by atoms with E-state index in [-0.39, 0.29) is 22.8 Å². The maximum atomic E-state index is 12.3. The minimum absolute atomic E-state index is 0.0549. The zero-order chi connectivity index (χ0) is 14.0. The Morgan fingerprint density at radius 3 is 2.89 bits per heavy atom. The van der Waals surface area contributed by atoms with Gasteiger partial charge in [0.2, 0.25) is 0 Å². The number of nitro benzene ring substituents is 1. The Morgan fingerprint density at radius 2 is 2.26 bits per heavy atom. The van der Waals surface area contributed by atoms with Gasteiger partial charge in [0, 0.05) is 19.2 Å². The van der Waals surface area contributed by atoms with Crippen LogP contribution < -0.4 is 0 Å². The number of piperidine rings is 1. The molecule has 1 heterocycles.